The molecule has 4 heteroatoms. The van der Waals surface area contributed by atoms with Gasteiger partial charge < -0.3 is 0 Å². The van der Waals surface area contributed by atoms with Gasteiger partial charge in [-0.25, -0.2) is 9.67 Å². The Kier molecular flexibility index (Phi) is 3.32. The summed E-state index contributed by atoms with van der Waals surface area (Å²) in [6, 6.07) is 7.35. The Morgan fingerprint density at radius 3 is 2.41 bits per heavy atom. The minimum Gasteiger partial charge on any atom is -0.298 e. The molecule has 0 aliphatic heterocycles. The van der Waals surface area contributed by atoms with Gasteiger partial charge in [-0.05, 0) is 24.3 Å². The van der Waals surface area contributed by atoms with E-state index in [1.54, 1.807) is 12.1 Å². The number of carbonyl (C=O) groups is 1. The molecule has 0 bridgehead atoms. The van der Waals surface area contributed by atoms with Gasteiger partial charge in [-0.3, -0.25) is 4.79 Å². The second-order valence-electron chi connectivity index (χ2n) is 3.77. The van der Waals surface area contributed by atoms with Crippen LogP contribution < -0.4 is 0 Å². The molecule has 0 saturated heterocycles. The number of rotatable bonds is 4. The second-order valence-corrected chi connectivity index (χ2v) is 3.77. The highest BCUT2D eigenvalue weighted by molar-refractivity contribution is 5.75. The first-order chi connectivity index (χ1) is 8.28. The van der Waals surface area contributed by atoms with Crippen molar-refractivity contribution >= 4 is 6.29 Å². The molecule has 0 N–H and O–H groups in total. The maximum atomic E-state index is 10.6. The monoisotopic (exact) mass is 229 g/mol. The Bertz CT molecular complexity index is 514. The van der Waals surface area contributed by atoms with Crippen molar-refractivity contribution in [3.63, 3.8) is 0 Å². The van der Waals surface area contributed by atoms with Gasteiger partial charge in [-0.2, -0.15) is 5.10 Å². The molecular formula is C13H15N3O. The molecule has 0 amide bonds. The number of nitrogens with zero attached hydrogens (tertiary/aromatic N) is 3. The number of aldehydes is 1. The summed E-state index contributed by atoms with van der Waals surface area (Å²) in [5.74, 6) is 1.79. The Balaban J connectivity index is 2.43. The number of carbonyl (C=O) groups excluding carboxylic acids is 1. The zero-order valence-corrected chi connectivity index (χ0v) is 10.1. The van der Waals surface area contributed by atoms with E-state index in [4.69, 9.17) is 0 Å². The predicted molar refractivity (Wildman–Crippen MR) is 65.5 cm³/mol. The molecule has 0 atom stereocenters. The lowest BCUT2D eigenvalue weighted by Crippen LogP contribution is -2.02. The maximum absolute atomic E-state index is 10.6. The quantitative estimate of drug-likeness (QED) is 0.755. The minimum atomic E-state index is 0.669. The van der Waals surface area contributed by atoms with Crippen LogP contribution in [0.3, 0.4) is 0 Å². The van der Waals surface area contributed by atoms with Crippen LogP contribution in [-0.2, 0) is 12.8 Å². The number of benzene rings is 1. The number of hydrogen-bond acceptors (Lipinski definition) is 3. The van der Waals surface area contributed by atoms with E-state index in [0.717, 1.165) is 36.5 Å². The van der Waals surface area contributed by atoms with Gasteiger partial charge in [0.05, 0.1) is 5.69 Å². The molecule has 2 rings (SSSR count). The minimum absolute atomic E-state index is 0.669. The molecule has 4 nitrogen and oxygen atoms in total. The van der Waals surface area contributed by atoms with Gasteiger partial charge in [0, 0.05) is 18.4 Å². The van der Waals surface area contributed by atoms with Crippen molar-refractivity contribution in [1.82, 2.24) is 14.8 Å². The third-order valence-electron chi connectivity index (χ3n) is 2.62. The van der Waals surface area contributed by atoms with Crippen LogP contribution in [0.2, 0.25) is 0 Å². The summed E-state index contributed by atoms with van der Waals surface area (Å²) in [6.07, 6.45) is 2.50. The fourth-order valence-corrected chi connectivity index (χ4v) is 1.67. The van der Waals surface area contributed by atoms with Gasteiger partial charge in [0.25, 0.3) is 0 Å². The molecule has 1 heterocycles. The van der Waals surface area contributed by atoms with E-state index >= 15 is 0 Å². The molecule has 88 valence electrons. The molecule has 0 saturated carbocycles. The Hall–Kier alpha value is -1.97. The Morgan fingerprint density at radius 2 is 1.88 bits per heavy atom. The molecule has 0 fully saturated rings. The van der Waals surface area contributed by atoms with Gasteiger partial charge in [0.2, 0.25) is 0 Å². The van der Waals surface area contributed by atoms with E-state index in [-0.39, 0.29) is 0 Å². The van der Waals surface area contributed by atoms with Crippen molar-refractivity contribution in [3.05, 3.63) is 41.5 Å². The molecule has 1 aromatic heterocycles. The van der Waals surface area contributed by atoms with Crippen LogP contribution in [0.5, 0.6) is 0 Å². The summed E-state index contributed by atoms with van der Waals surface area (Å²) < 4.78 is 1.84. The van der Waals surface area contributed by atoms with Crippen LogP contribution in [0, 0.1) is 0 Å². The molecule has 0 aliphatic carbocycles. The van der Waals surface area contributed by atoms with Crippen molar-refractivity contribution in [2.75, 3.05) is 0 Å². The predicted octanol–water partition coefficient (Wildman–Crippen LogP) is 2.20. The highest BCUT2D eigenvalue weighted by atomic mass is 16.1. The van der Waals surface area contributed by atoms with Crippen molar-refractivity contribution in [2.24, 2.45) is 0 Å². The molecule has 2 aromatic rings. The number of aromatic nitrogens is 3. The molecule has 0 unspecified atom stereocenters. The molecular weight excluding hydrogens is 214 g/mol. The molecule has 0 spiro atoms. The smallest absolute Gasteiger partial charge is 0.151 e. The van der Waals surface area contributed by atoms with Crippen molar-refractivity contribution < 1.29 is 4.79 Å². The van der Waals surface area contributed by atoms with E-state index < -0.39 is 0 Å². The van der Waals surface area contributed by atoms with Gasteiger partial charge >= 0.3 is 0 Å². The highest BCUT2D eigenvalue weighted by Crippen LogP contribution is 2.11. The van der Waals surface area contributed by atoms with Gasteiger partial charge in [0.1, 0.15) is 12.1 Å². The van der Waals surface area contributed by atoms with E-state index in [1.807, 2.05) is 23.7 Å². The summed E-state index contributed by atoms with van der Waals surface area (Å²) in [6.45, 7) is 4.09. The fourth-order valence-electron chi connectivity index (χ4n) is 1.67. The summed E-state index contributed by atoms with van der Waals surface area (Å²) in [5.41, 5.74) is 1.61. The summed E-state index contributed by atoms with van der Waals surface area (Å²) in [4.78, 5) is 15.0. The van der Waals surface area contributed by atoms with Gasteiger partial charge in [-0.1, -0.05) is 13.8 Å². The Labute approximate surface area is 100 Å². The fraction of sp³-hybridized carbons (Fsp3) is 0.308. The lowest BCUT2D eigenvalue weighted by Gasteiger charge is -2.03. The summed E-state index contributed by atoms with van der Waals surface area (Å²) in [5, 5.41) is 4.44. The van der Waals surface area contributed by atoms with Gasteiger partial charge in [0.15, 0.2) is 5.82 Å². The average Bonchev–Trinajstić information content (AvgIpc) is 2.82. The zero-order valence-electron chi connectivity index (χ0n) is 10.1. The van der Waals surface area contributed by atoms with Crippen molar-refractivity contribution in [1.29, 1.82) is 0 Å². The third-order valence-corrected chi connectivity index (χ3v) is 2.62. The zero-order chi connectivity index (χ0) is 12.3. The lowest BCUT2D eigenvalue weighted by atomic mass is 10.2. The maximum Gasteiger partial charge on any atom is 0.151 e. The van der Waals surface area contributed by atoms with Crippen LogP contribution in [-0.4, -0.2) is 21.1 Å². The topological polar surface area (TPSA) is 47.8 Å². The first kappa shape index (κ1) is 11.5. The van der Waals surface area contributed by atoms with E-state index in [2.05, 4.69) is 17.0 Å². The average molecular weight is 229 g/mol. The third kappa shape index (κ3) is 2.25. The second kappa shape index (κ2) is 4.91. The first-order valence-electron chi connectivity index (χ1n) is 5.79. The van der Waals surface area contributed by atoms with E-state index in [9.17, 15) is 4.79 Å². The first-order valence-corrected chi connectivity index (χ1v) is 5.79. The number of aryl methyl sites for hydroxylation is 2. The van der Waals surface area contributed by atoms with Crippen LogP contribution in [0.25, 0.3) is 5.69 Å². The SMILES string of the molecule is CCc1nc(CC)n(-c2ccc(C=O)cc2)n1. The van der Waals surface area contributed by atoms with E-state index in [1.165, 1.54) is 0 Å². The van der Waals surface area contributed by atoms with Crippen LogP contribution in [0.4, 0.5) is 0 Å². The summed E-state index contributed by atoms with van der Waals surface area (Å²) >= 11 is 0. The molecule has 17 heavy (non-hydrogen) atoms. The standard InChI is InChI=1S/C13H15N3O/c1-3-12-14-13(4-2)16(15-12)11-7-5-10(9-17)6-8-11/h5-9H,3-4H2,1-2H3. The van der Waals surface area contributed by atoms with Crippen LogP contribution in [0.1, 0.15) is 35.9 Å². The van der Waals surface area contributed by atoms with Crippen LogP contribution >= 0.6 is 0 Å². The molecule has 0 radical (unpaired) electrons. The lowest BCUT2D eigenvalue weighted by molar-refractivity contribution is 0.112. The molecule has 1 aromatic carbocycles. The Morgan fingerprint density at radius 1 is 1.18 bits per heavy atom. The number of hydrogen-bond donors (Lipinski definition) is 0. The van der Waals surface area contributed by atoms with Crippen molar-refractivity contribution in [3.8, 4) is 5.69 Å². The largest absolute Gasteiger partial charge is 0.298 e. The normalized spacial score (nSPS) is 10.5. The van der Waals surface area contributed by atoms with E-state index in [0.29, 0.717) is 5.56 Å². The summed E-state index contributed by atoms with van der Waals surface area (Å²) in [7, 11) is 0. The van der Waals surface area contributed by atoms with Crippen LogP contribution in [0.15, 0.2) is 24.3 Å². The van der Waals surface area contributed by atoms with Crippen molar-refractivity contribution in [2.45, 2.75) is 26.7 Å². The highest BCUT2D eigenvalue weighted by Gasteiger charge is 2.08. The molecule has 0 aliphatic rings. The van der Waals surface area contributed by atoms with Gasteiger partial charge in [-0.15, -0.1) is 0 Å².